The van der Waals surface area contributed by atoms with E-state index in [1.807, 2.05) is 12.2 Å². The van der Waals surface area contributed by atoms with E-state index in [0.29, 0.717) is 48.4 Å². The number of ether oxygens (including phenoxy) is 1. The molecule has 1 aliphatic heterocycles. The Balaban J connectivity index is 1.96. The average molecular weight is 400 g/mol. The highest BCUT2D eigenvalue weighted by molar-refractivity contribution is 8.11. The molecule has 0 spiro atoms. The third kappa shape index (κ3) is 6.69. The van der Waals surface area contributed by atoms with Crippen molar-refractivity contribution in [2.24, 2.45) is 10.9 Å². The van der Waals surface area contributed by atoms with E-state index in [4.69, 9.17) is 17.0 Å². The summed E-state index contributed by atoms with van der Waals surface area (Å²) in [5.74, 6) is 0.404. The molecule has 0 N–H and O–H groups in total. The highest BCUT2D eigenvalue weighted by atomic mass is 32.1. The Morgan fingerprint density at radius 2 is 2.30 bits per heavy atom. The van der Waals surface area contributed by atoms with E-state index in [1.165, 1.54) is 5.57 Å². The van der Waals surface area contributed by atoms with Gasteiger partial charge in [-0.1, -0.05) is 68.3 Å². The van der Waals surface area contributed by atoms with Crippen LogP contribution in [0, 0.1) is 5.92 Å². The molecule has 27 heavy (non-hydrogen) atoms. The van der Waals surface area contributed by atoms with E-state index in [9.17, 15) is 4.79 Å². The second-order valence-electron chi connectivity index (χ2n) is 6.43. The van der Waals surface area contributed by atoms with Crippen LogP contribution in [-0.4, -0.2) is 36.0 Å². The molecule has 0 aromatic carbocycles. The van der Waals surface area contributed by atoms with E-state index >= 15 is 0 Å². The van der Waals surface area contributed by atoms with Crippen LogP contribution in [0.4, 0.5) is 0 Å². The van der Waals surface area contributed by atoms with Crippen LogP contribution in [0.3, 0.4) is 0 Å². The minimum Gasteiger partial charge on any atom is -0.372 e. The number of thiol groups is 1. The summed E-state index contributed by atoms with van der Waals surface area (Å²) in [6.07, 6.45) is 16.5. The molecular weight excluding hydrogens is 374 g/mol. The summed E-state index contributed by atoms with van der Waals surface area (Å²) in [4.78, 5) is 15.5. The number of aliphatic imine (C=N–C) groups is 1. The van der Waals surface area contributed by atoms with Gasteiger partial charge in [0.15, 0.2) is 6.29 Å². The lowest BCUT2D eigenvalue weighted by Gasteiger charge is -2.11. The number of hydrogen-bond acceptors (Lipinski definition) is 4. The van der Waals surface area contributed by atoms with Gasteiger partial charge in [-0.25, -0.2) is 0 Å². The van der Waals surface area contributed by atoms with Crippen molar-refractivity contribution >= 4 is 41.0 Å². The van der Waals surface area contributed by atoms with Crippen LogP contribution < -0.4 is 0 Å². The van der Waals surface area contributed by atoms with E-state index in [0.717, 1.165) is 23.0 Å². The minimum absolute atomic E-state index is 0.404. The third-order valence-electron chi connectivity index (χ3n) is 4.50. The summed E-state index contributed by atoms with van der Waals surface area (Å²) in [7, 11) is 0. The first-order chi connectivity index (χ1) is 13.0. The molecule has 0 saturated heterocycles. The van der Waals surface area contributed by atoms with Crippen molar-refractivity contribution in [1.29, 1.82) is 0 Å². The minimum atomic E-state index is 0.404. The predicted molar refractivity (Wildman–Crippen MR) is 121 cm³/mol. The summed E-state index contributed by atoms with van der Waals surface area (Å²) in [5, 5.41) is 0. The van der Waals surface area contributed by atoms with Crippen molar-refractivity contribution in [3.63, 3.8) is 0 Å². The molecule has 0 radical (unpaired) electrons. The van der Waals surface area contributed by atoms with Gasteiger partial charge in [-0.3, -0.25) is 9.79 Å². The lowest BCUT2D eigenvalue weighted by atomic mass is 9.96. The van der Waals surface area contributed by atoms with Gasteiger partial charge >= 0.3 is 0 Å². The molecule has 0 fully saturated rings. The van der Waals surface area contributed by atoms with Crippen LogP contribution in [0.2, 0.25) is 0 Å². The monoisotopic (exact) mass is 399 g/mol. The number of rotatable bonds is 10. The maximum Gasteiger partial charge on any atom is 0.168 e. The van der Waals surface area contributed by atoms with Gasteiger partial charge < -0.3 is 4.74 Å². The Bertz CT molecular complexity index is 782. The van der Waals surface area contributed by atoms with Crippen molar-refractivity contribution < 1.29 is 9.53 Å². The molecule has 1 atom stereocenters. The SMILES string of the molecule is C=C/C(=C\C=C1\C=CC=CC1C)COCC1=C(CCC(=S)S)C(C=O)=NC1. The smallest absolute Gasteiger partial charge is 0.168 e. The van der Waals surface area contributed by atoms with Gasteiger partial charge in [0, 0.05) is 4.20 Å². The van der Waals surface area contributed by atoms with Gasteiger partial charge in [-0.2, -0.15) is 0 Å². The number of allylic oxidation sites excluding steroid dienone is 8. The number of nitrogens with zero attached hydrogens (tertiary/aromatic N) is 1. The van der Waals surface area contributed by atoms with Crippen molar-refractivity contribution in [1.82, 2.24) is 0 Å². The quantitative estimate of drug-likeness (QED) is 0.248. The third-order valence-corrected chi connectivity index (χ3v) is 4.93. The molecule has 1 unspecified atom stereocenters. The van der Waals surface area contributed by atoms with Crippen LogP contribution >= 0.6 is 24.8 Å². The predicted octanol–water partition coefficient (Wildman–Crippen LogP) is 4.79. The van der Waals surface area contributed by atoms with Crippen LogP contribution in [0.5, 0.6) is 0 Å². The lowest BCUT2D eigenvalue weighted by Crippen LogP contribution is -2.08. The summed E-state index contributed by atoms with van der Waals surface area (Å²) in [6.45, 7) is 7.44. The zero-order valence-corrected chi connectivity index (χ0v) is 17.3. The van der Waals surface area contributed by atoms with Gasteiger partial charge in [-0.15, -0.1) is 12.6 Å². The Labute approximate surface area is 172 Å². The standard InChI is InChI=1S/C22H25NO2S2/c1-3-17(8-9-18-7-5-4-6-16(18)2)14-25-15-19-12-23-21(13-24)20(19)10-11-22(26)27/h3-9,13,16H,1,10-12,14-15H2,2H3,(H,26,27)/b17-8+,18-9-. The second-order valence-corrected chi connectivity index (χ2v) is 7.77. The Kier molecular flexibility index (Phi) is 8.85. The number of hydrogen-bond donors (Lipinski definition) is 1. The fourth-order valence-corrected chi connectivity index (χ4v) is 3.08. The molecule has 2 rings (SSSR count). The second kappa shape index (κ2) is 11.1. The first-order valence-electron chi connectivity index (χ1n) is 8.93. The molecular formula is C22H25NO2S2. The van der Waals surface area contributed by atoms with E-state index in [1.54, 1.807) is 6.08 Å². The molecule has 0 saturated carbocycles. The molecule has 0 aromatic rings. The fourth-order valence-electron chi connectivity index (χ4n) is 2.87. The first-order valence-corrected chi connectivity index (χ1v) is 9.79. The van der Waals surface area contributed by atoms with Gasteiger partial charge in [0.25, 0.3) is 0 Å². The first kappa shape index (κ1) is 21.5. The Morgan fingerprint density at radius 3 is 2.96 bits per heavy atom. The van der Waals surface area contributed by atoms with Crippen molar-refractivity contribution in [2.75, 3.05) is 19.8 Å². The average Bonchev–Trinajstić information content (AvgIpc) is 3.05. The highest BCUT2D eigenvalue weighted by Gasteiger charge is 2.19. The zero-order valence-electron chi connectivity index (χ0n) is 15.6. The fraction of sp³-hybridized carbons (Fsp3) is 0.318. The molecule has 1 heterocycles. The van der Waals surface area contributed by atoms with Crippen LogP contribution in [0.15, 0.2) is 76.4 Å². The van der Waals surface area contributed by atoms with E-state index in [2.05, 4.69) is 55.4 Å². The van der Waals surface area contributed by atoms with Gasteiger partial charge in [-0.05, 0) is 41.1 Å². The Hall–Kier alpha value is -1.82. The van der Waals surface area contributed by atoms with E-state index in [-0.39, 0.29) is 0 Å². The normalized spacial score (nSPS) is 21.0. The lowest BCUT2D eigenvalue weighted by molar-refractivity contribution is -0.102. The van der Waals surface area contributed by atoms with Gasteiger partial charge in [0.2, 0.25) is 0 Å². The molecule has 142 valence electrons. The maximum atomic E-state index is 11.2. The van der Waals surface area contributed by atoms with Gasteiger partial charge in [0.1, 0.15) is 5.71 Å². The molecule has 0 amide bonds. The van der Waals surface area contributed by atoms with Crippen LogP contribution in [-0.2, 0) is 9.53 Å². The number of thiocarbonyl (C=S) groups is 1. The number of carbonyl (C=O) groups is 1. The highest BCUT2D eigenvalue weighted by Crippen LogP contribution is 2.21. The summed E-state index contributed by atoms with van der Waals surface area (Å²) in [5.41, 5.74) is 4.75. The van der Waals surface area contributed by atoms with Crippen LogP contribution in [0.25, 0.3) is 0 Å². The molecule has 5 heteroatoms. The molecule has 2 aliphatic rings. The van der Waals surface area contributed by atoms with Crippen molar-refractivity contribution in [3.8, 4) is 0 Å². The summed E-state index contributed by atoms with van der Waals surface area (Å²) >= 11 is 9.18. The molecule has 0 aromatic heterocycles. The molecule has 0 bridgehead atoms. The number of carbonyl (C=O) groups excluding carboxylic acids is 1. The Morgan fingerprint density at radius 1 is 1.48 bits per heavy atom. The molecule has 1 aliphatic carbocycles. The topological polar surface area (TPSA) is 38.7 Å². The van der Waals surface area contributed by atoms with E-state index < -0.39 is 0 Å². The number of aldehydes is 1. The zero-order chi connectivity index (χ0) is 19.6. The summed E-state index contributed by atoms with van der Waals surface area (Å²) < 4.78 is 6.50. The molecule has 3 nitrogen and oxygen atoms in total. The van der Waals surface area contributed by atoms with Crippen molar-refractivity contribution in [3.05, 3.63) is 71.4 Å². The maximum absolute atomic E-state index is 11.2. The van der Waals surface area contributed by atoms with Crippen molar-refractivity contribution in [2.45, 2.75) is 19.8 Å². The largest absolute Gasteiger partial charge is 0.372 e. The van der Waals surface area contributed by atoms with Gasteiger partial charge in [0.05, 0.1) is 19.8 Å². The van der Waals surface area contributed by atoms with Crippen LogP contribution in [0.1, 0.15) is 19.8 Å². The summed E-state index contributed by atoms with van der Waals surface area (Å²) in [6, 6.07) is 0.